The number of ketones is 1. The van der Waals surface area contributed by atoms with Gasteiger partial charge in [0.2, 0.25) is 5.78 Å². The van der Waals surface area contributed by atoms with Gasteiger partial charge in [0.1, 0.15) is 5.75 Å². The predicted molar refractivity (Wildman–Crippen MR) is 189 cm³/mol. The van der Waals surface area contributed by atoms with Gasteiger partial charge in [-0.1, -0.05) is 57.6 Å². The molecular formula is C42H52O7. The third-order valence-electron chi connectivity index (χ3n) is 13.6. The molecule has 1 N–H and O–H groups in total. The second-order valence-electron chi connectivity index (χ2n) is 16.4. The maximum absolute atomic E-state index is 13.8. The second-order valence-corrected chi connectivity index (χ2v) is 16.4. The Morgan fingerprint density at radius 2 is 1.73 bits per heavy atom. The molecule has 0 amide bonds. The Bertz CT molecular complexity index is 1720. The number of hydrogen-bond donors (Lipinski definition) is 1. The third kappa shape index (κ3) is 5.71. The van der Waals surface area contributed by atoms with Gasteiger partial charge in [0.25, 0.3) is 0 Å². The number of carbonyl (C=O) groups is 3. The standard InChI is InChI=1S/C42H52O7/c1-27-30-13-14-33-40(4,31(30)25-32(43)36(27)45)19-21-42(6)34-26-39(3,17-16-38(34,2)18-20-41(33,42)5)37(46)49-23-9-22-48-29-11-8-10-28(24-29)12-15-35(44)47-7/h8,10-15,24-25,34,45H,9,16-23,26H2,1-7H3/b15-12-/t34-,38-,39-,40+,41-,42+/m1/s1. The molecule has 5 aliphatic carbocycles. The van der Waals surface area contributed by atoms with Gasteiger partial charge in [-0.2, -0.15) is 0 Å². The molecule has 3 saturated carbocycles. The van der Waals surface area contributed by atoms with E-state index in [1.54, 1.807) is 12.2 Å². The van der Waals surface area contributed by atoms with Crippen LogP contribution in [-0.4, -0.2) is 43.2 Å². The van der Waals surface area contributed by atoms with Crippen LogP contribution in [0.1, 0.15) is 98.5 Å². The molecule has 262 valence electrons. The fourth-order valence-corrected chi connectivity index (χ4v) is 10.2. The zero-order chi connectivity index (χ0) is 35.4. The van der Waals surface area contributed by atoms with Crippen molar-refractivity contribution in [3.8, 4) is 5.75 Å². The van der Waals surface area contributed by atoms with Crippen LogP contribution in [0.15, 0.2) is 76.6 Å². The van der Waals surface area contributed by atoms with E-state index < -0.39 is 11.4 Å². The number of ether oxygens (including phenoxy) is 3. The van der Waals surface area contributed by atoms with Crippen LogP contribution in [0.25, 0.3) is 6.08 Å². The SMILES string of the molecule is COC(=O)/C=C\c1cccc(OCCCOC(=O)[C@]2(C)CC[C@]3(C)CC[C@]4(C)C5=CC=C6C(=CC(=O)C(O)=C6C)[C@]5(C)CC[C@@]4(C)[C@@H]3C2)c1. The van der Waals surface area contributed by atoms with Crippen molar-refractivity contribution in [3.63, 3.8) is 0 Å². The Morgan fingerprint density at radius 3 is 2.49 bits per heavy atom. The average molecular weight is 669 g/mol. The molecule has 6 atom stereocenters. The molecule has 0 aliphatic heterocycles. The lowest BCUT2D eigenvalue weighted by atomic mass is 9.34. The number of allylic oxidation sites excluding steroid dienone is 7. The van der Waals surface area contributed by atoms with Crippen LogP contribution in [0.2, 0.25) is 0 Å². The minimum Gasteiger partial charge on any atom is -0.504 e. The van der Waals surface area contributed by atoms with Crippen molar-refractivity contribution in [2.45, 2.75) is 92.9 Å². The predicted octanol–water partition coefficient (Wildman–Crippen LogP) is 8.81. The van der Waals surface area contributed by atoms with Crippen LogP contribution in [0.4, 0.5) is 0 Å². The number of rotatable bonds is 8. The van der Waals surface area contributed by atoms with Crippen molar-refractivity contribution in [1.82, 2.24) is 0 Å². The fraction of sp³-hybridized carbons (Fsp3) is 0.548. The molecule has 0 aromatic heterocycles. The largest absolute Gasteiger partial charge is 0.504 e. The molecule has 0 unspecified atom stereocenters. The summed E-state index contributed by atoms with van der Waals surface area (Å²) in [5.41, 5.74) is 4.12. The van der Waals surface area contributed by atoms with Gasteiger partial charge in [0, 0.05) is 23.5 Å². The maximum Gasteiger partial charge on any atom is 0.330 e. The van der Waals surface area contributed by atoms with E-state index in [1.807, 2.05) is 31.2 Å². The van der Waals surface area contributed by atoms with E-state index in [4.69, 9.17) is 9.47 Å². The molecule has 0 spiro atoms. The first-order valence-electron chi connectivity index (χ1n) is 17.9. The summed E-state index contributed by atoms with van der Waals surface area (Å²) >= 11 is 0. The molecule has 5 aliphatic rings. The maximum atomic E-state index is 13.8. The van der Waals surface area contributed by atoms with Gasteiger partial charge in [-0.05, 0) is 122 Å². The van der Waals surface area contributed by atoms with Gasteiger partial charge in [0.15, 0.2) is 5.76 Å². The van der Waals surface area contributed by atoms with E-state index in [0.29, 0.717) is 36.9 Å². The smallest absolute Gasteiger partial charge is 0.330 e. The number of hydrogen-bond acceptors (Lipinski definition) is 7. The lowest BCUT2D eigenvalue weighted by Gasteiger charge is -2.70. The number of esters is 2. The molecule has 1 aromatic rings. The van der Waals surface area contributed by atoms with Crippen LogP contribution in [-0.2, 0) is 23.9 Å². The number of methoxy groups -OCH3 is 1. The van der Waals surface area contributed by atoms with E-state index in [0.717, 1.165) is 61.7 Å². The minimum absolute atomic E-state index is 0.0284. The summed E-state index contributed by atoms with van der Waals surface area (Å²) in [7, 11) is 1.34. The summed E-state index contributed by atoms with van der Waals surface area (Å²) in [5.74, 6) is 0.0598. The molecule has 7 nitrogen and oxygen atoms in total. The average Bonchev–Trinajstić information content (AvgIpc) is 3.08. The molecule has 49 heavy (non-hydrogen) atoms. The summed E-state index contributed by atoms with van der Waals surface area (Å²) in [6.07, 6.45) is 16.5. The molecule has 0 bridgehead atoms. The lowest BCUT2D eigenvalue weighted by Crippen LogP contribution is -2.62. The van der Waals surface area contributed by atoms with Gasteiger partial charge in [0.05, 0.1) is 25.7 Å². The Balaban J connectivity index is 1.14. The molecule has 1 aromatic carbocycles. The molecule has 3 fully saturated rings. The molecule has 0 saturated heterocycles. The van der Waals surface area contributed by atoms with Crippen molar-refractivity contribution < 1.29 is 33.7 Å². The quantitative estimate of drug-likeness (QED) is 0.168. The number of aliphatic hydroxyl groups is 1. The molecule has 7 heteroatoms. The topological polar surface area (TPSA) is 99.1 Å². The van der Waals surface area contributed by atoms with E-state index in [-0.39, 0.29) is 39.2 Å². The number of benzene rings is 1. The van der Waals surface area contributed by atoms with Crippen LogP contribution < -0.4 is 4.74 Å². The van der Waals surface area contributed by atoms with Crippen molar-refractivity contribution in [2.75, 3.05) is 20.3 Å². The number of fused-ring (bicyclic) bond motifs is 7. The normalized spacial score (nSPS) is 35.2. The zero-order valence-corrected chi connectivity index (χ0v) is 30.2. The van der Waals surface area contributed by atoms with Crippen LogP contribution in [0.3, 0.4) is 0 Å². The van der Waals surface area contributed by atoms with E-state index >= 15 is 0 Å². The van der Waals surface area contributed by atoms with Crippen LogP contribution in [0, 0.1) is 33.0 Å². The summed E-state index contributed by atoms with van der Waals surface area (Å²) in [6.45, 7) is 14.3. The Kier molecular flexibility index (Phi) is 8.90. The Hall–Kier alpha value is -3.87. The van der Waals surface area contributed by atoms with E-state index in [1.165, 1.54) is 18.8 Å². The zero-order valence-electron chi connectivity index (χ0n) is 30.2. The summed E-state index contributed by atoms with van der Waals surface area (Å²) in [5, 5.41) is 10.4. The number of carbonyl (C=O) groups excluding carboxylic acids is 3. The summed E-state index contributed by atoms with van der Waals surface area (Å²) < 4.78 is 16.5. The lowest BCUT2D eigenvalue weighted by molar-refractivity contribution is -0.182. The monoisotopic (exact) mass is 668 g/mol. The van der Waals surface area contributed by atoms with Gasteiger partial charge < -0.3 is 19.3 Å². The van der Waals surface area contributed by atoms with Crippen molar-refractivity contribution >= 4 is 23.8 Å². The molecular weight excluding hydrogens is 616 g/mol. The highest BCUT2D eigenvalue weighted by molar-refractivity contribution is 6.06. The first-order valence-corrected chi connectivity index (χ1v) is 17.9. The summed E-state index contributed by atoms with van der Waals surface area (Å²) in [4.78, 5) is 38.0. The fourth-order valence-electron chi connectivity index (χ4n) is 10.2. The van der Waals surface area contributed by atoms with Gasteiger partial charge >= 0.3 is 11.9 Å². The van der Waals surface area contributed by atoms with Crippen molar-refractivity contribution in [3.05, 3.63) is 82.2 Å². The van der Waals surface area contributed by atoms with Crippen molar-refractivity contribution in [2.24, 2.45) is 33.0 Å². The first kappa shape index (κ1) is 35.0. The third-order valence-corrected chi connectivity index (χ3v) is 13.6. The highest BCUT2D eigenvalue weighted by Gasteiger charge is 2.67. The van der Waals surface area contributed by atoms with Crippen molar-refractivity contribution in [1.29, 1.82) is 0 Å². The highest BCUT2D eigenvalue weighted by atomic mass is 16.5. The minimum atomic E-state index is -0.556. The van der Waals surface area contributed by atoms with Crippen LogP contribution >= 0.6 is 0 Å². The van der Waals surface area contributed by atoms with E-state index in [9.17, 15) is 19.5 Å². The first-order chi connectivity index (χ1) is 23.1. The Labute approximate surface area is 291 Å². The molecule has 0 heterocycles. The molecule has 0 radical (unpaired) electrons. The Morgan fingerprint density at radius 1 is 0.980 bits per heavy atom. The van der Waals surface area contributed by atoms with E-state index in [2.05, 4.69) is 51.5 Å². The van der Waals surface area contributed by atoms with Crippen LogP contribution in [0.5, 0.6) is 5.75 Å². The highest BCUT2D eigenvalue weighted by Crippen LogP contribution is 2.75. The number of aliphatic hydroxyl groups excluding tert-OH is 1. The van der Waals surface area contributed by atoms with Gasteiger partial charge in [-0.25, -0.2) is 4.79 Å². The molecule has 6 rings (SSSR count). The summed E-state index contributed by atoms with van der Waals surface area (Å²) in [6, 6.07) is 7.46. The van der Waals surface area contributed by atoms with Gasteiger partial charge in [-0.3, -0.25) is 9.59 Å². The van der Waals surface area contributed by atoms with Gasteiger partial charge in [-0.15, -0.1) is 0 Å². The second kappa shape index (κ2) is 12.5.